The molecule has 2 aliphatic rings. The quantitative estimate of drug-likeness (QED) is 0.573. The van der Waals surface area contributed by atoms with Crippen LogP contribution in [0.3, 0.4) is 0 Å². The van der Waals surface area contributed by atoms with Crippen molar-refractivity contribution in [1.29, 1.82) is 0 Å². The first-order valence-corrected chi connectivity index (χ1v) is 11.1. The summed E-state index contributed by atoms with van der Waals surface area (Å²) in [5.41, 5.74) is 0.740. The summed E-state index contributed by atoms with van der Waals surface area (Å²) in [4.78, 5) is 40.3. The zero-order valence-corrected chi connectivity index (χ0v) is 18.2. The number of furan rings is 1. The number of piperidine rings is 1. The van der Waals surface area contributed by atoms with E-state index < -0.39 is 11.1 Å². The topological polar surface area (TPSA) is 70.8 Å². The first-order valence-electron chi connectivity index (χ1n) is 9.51. The number of hydrogen-bond acceptors (Lipinski definition) is 5. The van der Waals surface area contributed by atoms with E-state index in [2.05, 4.69) is 0 Å². The minimum Gasteiger partial charge on any atom is -0.457 e. The summed E-state index contributed by atoms with van der Waals surface area (Å²) < 4.78 is 5.77. The van der Waals surface area contributed by atoms with E-state index in [1.807, 2.05) is 0 Å². The molecule has 0 atom stereocenters. The van der Waals surface area contributed by atoms with Crippen LogP contribution in [-0.4, -0.2) is 46.5 Å². The molecule has 2 aliphatic heterocycles. The molecule has 2 saturated heterocycles. The van der Waals surface area contributed by atoms with Crippen molar-refractivity contribution >= 4 is 58.1 Å². The highest BCUT2D eigenvalue weighted by molar-refractivity contribution is 8.18. The zero-order valence-electron chi connectivity index (χ0n) is 15.9. The maximum Gasteiger partial charge on any atom is 0.294 e. The highest BCUT2D eigenvalue weighted by Crippen LogP contribution is 2.34. The summed E-state index contributed by atoms with van der Waals surface area (Å²) in [5.74, 6) is 0.296. The molecule has 3 heterocycles. The number of likely N-dealkylation sites (tertiary alicyclic amines) is 1. The second-order valence-corrected chi connectivity index (χ2v) is 8.85. The molecule has 9 heteroatoms. The standard InChI is InChI=1S/C21H18Cl2N2O4S/c22-15-6-4-13(10-16(15)23)17-7-5-14(29-17)11-18-20(27)25(21(28)30-18)12-19(26)24-8-2-1-3-9-24/h4-7,10-11H,1-3,8-9,12H2/b18-11-. The van der Waals surface area contributed by atoms with E-state index >= 15 is 0 Å². The lowest BCUT2D eigenvalue weighted by Gasteiger charge is -2.27. The average molecular weight is 465 g/mol. The maximum atomic E-state index is 12.7. The first-order chi connectivity index (χ1) is 14.4. The predicted molar refractivity (Wildman–Crippen MR) is 117 cm³/mol. The lowest BCUT2D eigenvalue weighted by molar-refractivity contribution is -0.136. The summed E-state index contributed by atoms with van der Waals surface area (Å²) in [5, 5.41) is 0.402. The number of carbonyl (C=O) groups is 3. The van der Waals surface area contributed by atoms with E-state index in [1.54, 1.807) is 35.2 Å². The summed E-state index contributed by atoms with van der Waals surface area (Å²) in [6.07, 6.45) is 4.51. The molecular weight excluding hydrogens is 447 g/mol. The van der Waals surface area contributed by atoms with Crippen molar-refractivity contribution in [3.05, 3.63) is 51.0 Å². The molecule has 0 unspecified atom stereocenters. The molecule has 0 spiro atoms. The number of benzene rings is 1. The van der Waals surface area contributed by atoms with Gasteiger partial charge in [0.25, 0.3) is 11.1 Å². The third-order valence-electron chi connectivity index (χ3n) is 4.98. The molecule has 0 radical (unpaired) electrons. The maximum absolute atomic E-state index is 12.7. The summed E-state index contributed by atoms with van der Waals surface area (Å²) in [6.45, 7) is 1.12. The lowest BCUT2D eigenvalue weighted by Crippen LogP contribution is -2.44. The van der Waals surface area contributed by atoms with Crippen molar-refractivity contribution in [2.45, 2.75) is 19.3 Å². The van der Waals surface area contributed by atoms with Gasteiger partial charge < -0.3 is 9.32 Å². The molecule has 1 aromatic carbocycles. The molecule has 2 fully saturated rings. The van der Waals surface area contributed by atoms with Gasteiger partial charge in [-0.3, -0.25) is 19.3 Å². The second kappa shape index (κ2) is 8.88. The Morgan fingerprint density at radius 3 is 2.57 bits per heavy atom. The van der Waals surface area contributed by atoms with Gasteiger partial charge in [0.15, 0.2) is 0 Å². The van der Waals surface area contributed by atoms with Crippen LogP contribution >= 0.6 is 35.0 Å². The monoisotopic (exact) mass is 464 g/mol. The molecule has 1 aromatic heterocycles. The molecule has 30 heavy (non-hydrogen) atoms. The number of nitrogens with zero attached hydrogens (tertiary/aromatic N) is 2. The minimum absolute atomic E-state index is 0.196. The number of carbonyl (C=O) groups excluding carboxylic acids is 3. The molecule has 2 aromatic rings. The molecule has 6 nitrogen and oxygen atoms in total. The minimum atomic E-state index is -0.483. The third-order valence-corrected chi connectivity index (χ3v) is 6.63. The summed E-state index contributed by atoms with van der Waals surface area (Å²) in [7, 11) is 0. The fourth-order valence-corrected chi connectivity index (χ4v) is 4.50. The first kappa shape index (κ1) is 21.0. The van der Waals surface area contributed by atoms with Crippen LogP contribution in [0.25, 0.3) is 17.4 Å². The fraction of sp³-hybridized carbons (Fsp3) is 0.286. The van der Waals surface area contributed by atoms with Crippen molar-refractivity contribution in [1.82, 2.24) is 9.80 Å². The summed E-state index contributed by atoms with van der Waals surface area (Å²) >= 11 is 12.8. The van der Waals surface area contributed by atoms with Crippen LogP contribution in [0.15, 0.2) is 39.7 Å². The Morgan fingerprint density at radius 1 is 1.07 bits per heavy atom. The highest BCUT2D eigenvalue weighted by atomic mass is 35.5. The number of halogens is 2. The van der Waals surface area contributed by atoms with E-state index in [4.69, 9.17) is 27.6 Å². The Morgan fingerprint density at radius 2 is 1.83 bits per heavy atom. The Hall–Kier alpha value is -2.22. The van der Waals surface area contributed by atoms with Gasteiger partial charge in [-0.25, -0.2) is 0 Å². The van der Waals surface area contributed by atoms with Crippen molar-refractivity contribution in [2.75, 3.05) is 19.6 Å². The van der Waals surface area contributed by atoms with Gasteiger partial charge in [0.2, 0.25) is 5.91 Å². The number of imide groups is 1. The fourth-order valence-electron chi connectivity index (χ4n) is 3.38. The van der Waals surface area contributed by atoms with Crippen LogP contribution < -0.4 is 0 Å². The van der Waals surface area contributed by atoms with E-state index in [9.17, 15) is 14.4 Å². The molecular formula is C21H18Cl2N2O4S. The van der Waals surface area contributed by atoms with Crippen molar-refractivity contribution in [3.8, 4) is 11.3 Å². The highest BCUT2D eigenvalue weighted by Gasteiger charge is 2.37. The van der Waals surface area contributed by atoms with E-state index in [-0.39, 0.29) is 17.4 Å². The molecule has 0 bridgehead atoms. The number of rotatable bonds is 4. The van der Waals surface area contributed by atoms with Crippen molar-refractivity contribution < 1.29 is 18.8 Å². The number of hydrogen-bond donors (Lipinski definition) is 0. The van der Waals surface area contributed by atoms with Gasteiger partial charge in [-0.05, 0) is 61.4 Å². The Bertz CT molecular complexity index is 1040. The smallest absolute Gasteiger partial charge is 0.294 e. The van der Waals surface area contributed by atoms with Crippen molar-refractivity contribution in [2.24, 2.45) is 0 Å². The number of thioether (sulfide) groups is 1. The van der Waals surface area contributed by atoms with Gasteiger partial charge in [0, 0.05) is 24.7 Å². The summed E-state index contributed by atoms with van der Waals surface area (Å²) in [6, 6.07) is 8.58. The lowest BCUT2D eigenvalue weighted by atomic mass is 10.1. The van der Waals surface area contributed by atoms with E-state index in [0.717, 1.165) is 41.5 Å². The van der Waals surface area contributed by atoms with Crippen molar-refractivity contribution in [3.63, 3.8) is 0 Å². The third kappa shape index (κ3) is 4.43. The van der Waals surface area contributed by atoms with E-state index in [0.29, 0.717) is 34.7 Å². The Kier molecular flexibility index (Phi) is 6.22. The molecule has 4 rings (SSSR count). The van der Waals surface area contributed by atoms with Gasteiger partial charge in [0.05, 0.1) is 15.0 Å². The van der Waals surface area contributed by atoms with E-state index in [1.165, 1.54) is 6.08 Å². The molecule has 0 aliphatic carbocycles. The van der Waals surface area contributed by atoms with Gasteiger partial charge >= 0.3 is 0 Å². The SMILES string of the molecule is O=C(CN1C(=O)S/C(=C\c2ccc(-c3ccc(Cl)c(Cl)c3)o2)C1=O)N1CCCCC1. The predicted octanol–water partition coefficient (Wildman–Crippen LogP) is 5.30. The molecule has 0 saturated carbocycles. The Labute approximate surface area is 187 Å². The van der Waals surface area contributed by atoms with Crippen LogP contribution in [0.5, 0.6) is 0 Å². The molecule has 156 valence electrons. The van der Waals surface area contributed by atoms with Crippen LogP contribution in [0, 0.1) is 0 Å². The van der Waals surface area contributed by atoms with Crippen LogP contribution in [0.1, 0.15) is 25.0 Å². The van der Waals surface area contributed by atoms with Crippen LogP contribution in [0.2, 0.25) is 10.0 Å². The van der Waals surface area contributed by atoms with Gasteiger partial charge in [0.1, 0.15) is 18.1 Å². The largest absolute Gasteiger partial charge is 0.457 e. The van der Waals surface area contributed by atoms with Gasteiger partial charge in [-0.15, -0.1) is 0 Å². The zero-order chi connectivity index (χ0) is 21.3. The average Bonchev–Trinajstić information content (AvgIpc) is 3.31. The Balaban J connectivity index is 1.47. The molecule has 3 amide bonds. The van der Waals surface area contributed by atoms with Gasteiger partial charge in [-0.2, -0.15) is 0 Å². The van der Waals surface area contributed by atoms with Gasteiger partial charge in [-0.1, -0.05) is 23.2 Å². The normalized spacial score (nSPS) is 18.5. The second-order valence-electron chi connectivity index (χ2n) is 7.04. The molecule has 0 N–H and O–H groups in total. The van der Waals surface area contributed by atoms with Crippen LogP contribution in [0.4, 0.5) is 4.79 Å². The number of amides is 3. The van der Waals surface area contributed by atoms with Crippen LogP contribution in [-0.2, 0) is 9.59 Å².